The number of ether oxygens (including phenoxy) is 2. The Balaban J connectivity index is 2.20. The molecule has 0 fully saturated rings. The molecule has 1 unspecified atom stereocenters. The molecule has 0 saturated carbocycles. The van der Waals surface area contributed by atoms with Crippen molar-refractivity contribution in [3.8, 4) is 5.75 Å². The lowest BCUT2D eigenvalue weighted by molar-refractivity contribution is -0.155. The maximum absolute atomic E-state index is 11.2. The summed E-state index contributed by atoms with van der Waals surface area (Å²) < 4.78 is 9.94. The molecule has 1 aromatic rings. The van der Waals surface area contributed by atoms with Crippen LogP contribution in [-0.2, 0) is 27.3 Å². The average Bonchev–Trinajstić information content (AvgIpc) is 2.27. The van der Waals surface area contributed by atoms with Crippen LogP contribution in [0.1, 0.15) is 11.1 Å². The fourth-order valence-corrected chi connectivity index (χ4v) is 1.68. The molecule has 0 bridgehead atoms. The van der Waals surface area contributed by atoms with Gasteiger partial charge in [-0.05, 0) is 23.3 Å². The van der Waals surface area contributed by atoms with E-state index in [4.69, 9.17) is 4.74 Å². The van der Waals surface area contributed by atoms with Crippen LogP contribution in [-0.4, -0.2) is 24.3 Å². The fourth-order valence-electron chi connectivity index (χ4n) is 1.68. The smallest absolute Gasteiger partial charge is 0.335 e. The number of hydrogen-bond donors (Lipinski definition) is 1. The van der Waals surface area contributed by atoms with Crippen molar-refractivity contribution in [1.29, 1.82) is 0 Å². The quantitative estimate of drug-likeness (QED) is 0.700. The molecule has 1 aliphatic heterocycles. The van der Waals surface area contributed by atoms with Crippen LogP contribution in [0.3, 0.4) is 0 Å². The van der Waals surface area contributed by atoms with Crippen molar-refractivity contribution in [3.05, 3.63) is 29.3 Å². The first-order valence-electron chi connectivity index (χ1n) is 4.71. The highest BCUT2D eigenvalue weighted by Gasteiger charge is 2.26. The molecular weight excluding hydrogens is 196 g/mol. The lowest BCUT2D eigenvalue weighted by Gasteiger charge is -2.23. The lowest BCUT2D eigenvalue weighted by Crippen LogP contribution is -2.31. The Hall–Kier alpha value is -1.55. The Bertz CT molecular complexity index is 386. The second-order valence-corrected chi connectivity index (χ2v) is 3.48. The molecule has 1 aliphatic rings. The van der Waals surface area contributed by atoms with E-state index in [2.05, 4.69) is 4.74 Å². The number of esters is 1. The van der Waals surface area contributed by atoms with Crippen LogP contribution in [0.15, 0.2) is 18.2 Å². The van der Waals surface area contributed by atoms with Crippen LogP contribution in [0.25, 0.3) is 0 Å². The van der Waals surface area contributed by atoms with Crippen molar-refractivity contribution < 1.29 is 19.4 Å². The van der Waals surface area contributed by atoms with Gasteiger partial charge in [0.15, 0.2) is 6.10 Å². The lowest BCUT2D eigenvalue weighted by atomic mass is 9.99. The van der Waals surface area contributed by atoms with Crippen LogP contribution < -0.4 is 0 Å². The molecule has 0 aromatic heterocycles. The molecule has 80 valence electrons. The molecule has 15 heavy (non-hydrogen) atoms. The number of fused-ring (bicyclic) bond motifs is 1. The first kappa shape index (κ1) is 9.98. The van der Waals surface area contributed by atoms with E-state index in [1.807, 2.05) is 6.07 Å². The maximum Gasteiger partial charge on any atom is 0.335 e. The van der Waals surface area contributed by atoms with E-state index in [0.717, 1.165) is 11.1 Å². The van der Waals surface area contributed by atoms with Crippen molar-refractivity contribution in [2.75, 3.05) is 7.11 Å². The first-order chi connectivity index (χ1) is 7.20. The molecule has 0 amide bonds. The predicted octanol–water partition coefficient (Wildman–Crippen LogP) is 1.01. The van der Waals surface area contributed by atoms with Gasteiger partial charge in [0.05, 0.1) is 13.7 Å². The molecule has 0 radical (unpaired) electrons. The minimum Gasteiger partial charge on any atom is -0.508 e. The predicted molar refractivity (Wildman–Crippen MR) is 52.4 cm³/mol. The van der Waals surface area contributed by atoms with Crippen molar-refractivity contribution in [2.24, 2.45) is 0 Å². The third kappa shape index (κ3) is 1.94. The Labute approximate surface area is 87.4 Å². The van der Waals surface area contributed by atoms with E-state index in [1.54, 1.807) is 12.1 Å². The summed E-state index contributed by atoms with van der Waals surface area (Å²) in [7, 11) is 1.35. The van der Waals surface area contributed by atoms with Gasteiger partial charge in [-0.1, -0.05) is 6.07 Å². The number of carbonyl (C=O) groups excluding carboxylic acids is 1. The zero-order chi connectivity index (χ0) is 10.8. The summed E-state index contributed by atoms with van der Waals surface area (Å²) in [6, 6.07) is 5.07. The Morgan fingerprint density at radius 2 is 2.33 bits per heavy atom. The normalized spacial score (nSPS) is 19.4. The maximum atomic E-state index is 11.2. The van der Waals surface area contributed by atoms with E-state index < -0.39 is 6.10 Å². The number of methoxy groups -OCH3 is 1. The van der Waals surface area contributed by atoms with E-state index in [9.17, 15) is 9.90 Å². The number of hydrogen-bond acceptors (Lipinski definition) is 4. The monoisotopic (exact) mass is 208 g/mol. The van der Waals surface area contributed by atoms with Crippen LogP contribution in [0.2, 0.25) is 0 Å². The molecule has 4 heteroatoms. The minimum atomic E-state index is -0.521. The largest absolute Gasteiger partial charge is 0.508 e. The Morgan fingerprint density at radius 1 is 1.53 bits per heavy atom. The van der Waals surface area contributed by atoms with E-state index >= 15 is 0 Å². The minimum absolute atomic E-state index is 0.217. The molecule has 1 N–H and O–H groups in total. The van der Waals surface area contributed by atoms with Crippen molar-refractivity contribution >= 4 is 5.97 Å². The number of carbonyl (C=O) groups is 1. The second kappa shape index (κ2) is 3.90. The van der Waals surface area contributed by atoms with Crippen molar-refractivity contribution in [2.45, 2.75) is 19.1 Å². The van der Waals surface area contributed by atoms with Gasteiger partial charge in [-0.2, -0.15) is 0 Å². The van der Waals surface area contributed by atoms with Crippen LogP contribution >= 0.6 is 0 Å². The van der Waals surface area contributed by atoms with Crippen LogP contribution in [0, 0.1) is 0 Å². The van der Waals surface area contributed by atoms with Gasteiger partial charge in [0.2, 0.25) is 0 Å². The molecule has 0 spiro atoms. The van der Waals surface area contributed by atoms with Gasteiger partial charge in [0.1, 0.15) is 5.75 Å². The Morgan fingerprint density at radius 3 is 3.07 bits per heavy atom. The molecular formula is C11H12O4. The number of benzene rings is 1. The highest BCUT2D eigenvalue weighted by Crippen LogP contribution is 2.24. The van der Waals surface area contributed by atoms with Gasteiger partial charge in [-0.25, -0.2) is 4.79 Å². The summed E-state index contributed by atoms with van der Waals surface area (Å²) in [5.41, 5.74) is 1.95. The van der Waals surface area contributed by atoms with Gasteiger partial charge in [0.25, 0.3) is 0 Å². The summed E-state index contributed by atoms with van der Waals surface area (Å²) in [5.74, 6) is -0.136. The number of rotatable bonds is 1. The van der Waals surface area contributed by atoms with Crippen molar-refractivity contribution in [1.82, 2.24) is 0 Å². The number of phenolic OH excluding ortho intramolecular Hbond substituents is 1. The van der Waals surface area contributed by atoms with Gasteiger partial charge in [-0.3, -0.25) is 0 Å². The topological polar surface area (TPSA) is 55.8 Å². The highest BCUT2D eigenvalue weighted by atomic mass is 16.6. The van der Waals surface area contributed by atoms with Gasteiger partial charge < -0.3 is 14.6 Å². The van der Waals surface area contributed by atoms with Crippen LogP contribution in [0.5, 0.6) is 5.75 Å². The summed E-state index contributed by atoms with van der Waals surface area (Å²) >= 11 is 0. The molecule has 1 aromatic carbocycles. The average molecular weight is 208 g/mol. The first-order valence-corrected chi connectivity index (χ1v) is 4.71. The zero-order valence-corrected chi connectivity index (χ0v) is 8.40. The third-order valence-electron chi connectivity index (χ3n) is 2.50. The third-order valence-corrected chi connectivity index (χ3v) is 2.50. The van der Waals surface area contributed by atoms with E-state index in [1.165, 1.54) is 7.11 Å². The summed E-state index contributed by atoms with van der Waals surface area (Å²) in [6.07, 6.45) is -0.0190. The van der Waals surface area contributed by atoms with E-state index in [0.29, 0.717) is 13.0 Å². The molecule has 1 heterocycles. The van der Waals surface area contributed by atoms with Gasteiger partial charge in [-0.15, -0.1) is 0 Å². The number of phenols is 1. The zero-order valence-electron chi connectivity index (χ0n) is 8.40. The van der Waals surface area contributed by atoms with E-state index in [-0.39, 0.29) is 11.7 Å². The van der Waals surface area contributed by atoms with Crippen molar-refractivity contribution in [3.63, 3.8) is 0 Å². The standard InChI is InChI=1S/C11H12O4/c1-14-11(13)10-5-7-2-3-9(12)4-8(7)6-15-10/h2-4,10,12H,5-6H2,1H3. The molecule has 0 aliphatic carbocycles. The fraction of sp³-hybridized carbons (Fsp3) is 0.364. The molecule has 4 nitrogen and oxygen atoms in total. The Kier molecular flexibility index (Phi) is 2.60. The molecule has 0 saturated heterocycles. The second-order valence-electron chi connectivity index (χ2n) is 3.48. The van der Waals surface area contributed by atoms with Gasteiger partial charge in [0, 0.05) is 6.42 Å². The summed E-state index contributed by atoms with van der Waals surface area (Å²) in [6.45, 7) is 0.337. The molecule has 2 rings (SSSR count). The summed E-state index contributed by atoms with van der Waals surface area (Å²) in [4.78, 5) is 11.2. The molecule has 1 atom stereocenters. The van der Waals surface area contributed by atoms with Gasteiger partial charge >= 0.3 is 5.97 Å². The summed E-state index contributed by atoms with van der Waals surface area (Å²) in [5, 5.41) is 9.26. The number of aromatic hydroxyl groups is 1. The SMILES string of the molecule is COC(=O)C1Cc2ccc(O)cc2CO1. The highest BCUT2D eigenvalue weighted by molar-refractivity contribution is 5.75. The van der Waals surface area contributed by atoms with Crippen LogP contribution in [0.4, 0.5) is 0 Å².